The van der Waals surface area contributed by atoms with Crippen molar-refractivity contribution in [1.29, 1.82) is 0 Å². The van der Waals surface area contributed by atoms with Gasteiger partial charge >= 0.3 is 5.97 Å². The van der Waals surface area contributed by atoms with Gasteiger partial charge in [0.2, 0.25) is 0 Å². The molecule has 0 heterocycles. The van der Waals surface area contributed by atoms with E-state index in [-0.39, 0.29) is 29.4 Å². The maximum atomic E-state index is 12.5. The van der Waals surface area contributed by atoms with E-state index in [4.69, 9.17) is 4.74 Å². The Bertz CT molecular complexity index is 737. The average molecular weight is 360 g/mol. The van der Waals surface area contributed by atoms with Crippen LogP contribution in [0.4, 0.5) is 0 Å². The van der Waals surface area contributed by atoms with E-state index in [1.807, 2.05) is 6.92 Å². The number of allylic oxidation sites excluding steroid dienone is 2. The Morgan fingerprint density at radius 1 is 1.27 bits per heavy atom. The van der Waals surface area contributed by atoms with E-state index in [0.717, 1.165) is 12.0 Å². The number of Topliss-reactive ketones (excluding diaryl/α,β-unsaturated/α-hetero) is 1. The number of rotatable bonds is 1. The number of ketones is 1. The number of ether oxygens (including phenoxy) is 1. The van der Waals surface area contributed by atoms with Gasteiger partial charge in [0.05, 0.1) is 16.8 Å². The summed E-state index contributed by atoms with van der Waals surface area (Å²) < 4.78 is 5.60. The van der Waals surface area contributed by atoms with Crippen LogP contribution in [0.1, 0.15) is 59.3 Å². The Morgan fingerprint density at radius 2 is 2.00 bits per heavy atom. The highest BCUT2D eigenvalue weighted by Crippen LogP contribution is 2.65. The molecule has 0 amide bonds. The van der Waals surface area contributed by atoms with E-state index in [1.54, 1.807) is 6.08 Å². The molecule has 0 aliphatic heterocycles. The molecular formula is C21H28O5. The molecule has 6 atom stereocenters. The summed E-state index contributed by atoms with van der Waals surface area (Å²) in [5, 5.41) is 22.2. The summed E-state index contributed by atoms with van der Waals surface area (Å²) in [5.74, 6) is 0.211. The van der Waals surface area contributed by atoms with Gasteiger partial charge in [-0.15, -0.1) is 0 Å². The quantitative estimate of drug-likeness (QED) is 0.702. The molecule has 1 unspecified atom stereocenters. The minimum absolute atomic E-state index is 0.0341. The van der Waals surface area contributed by atoms with Crippen LogP contribution in [-0.4, -0.2) is 33.7 Å². The van der Waals surface area contributed by atoms with Crippen LogP contribution in [-0.2, 0) is 14.3 Å². The van der Waals surface area contributed by atoms with Gasteiger partial charge in [-0.2, -0.15) is 0 Å². The Morgan fingerprint density at radius 3 is 2.69 bits per heavy atom. The average Bonchev–Trinajstić information content (AvgIpc) is 2.85. The normalized spacial score (nSPS) is 47.2. The Hall–Kier alpha value is -1.62. The second-order valence-corrected chi connectivity index (χ2v) is 9.05. The number of carbonyl (C=O) groups excluding carboxylic acids is 2. The maximum absolute atomic E-state index is 12.5. The van der Waals surface area contributed by atoms with Crippen molar-refractivity contribution in [2.24, 2.45) is 22.7 Å². The molecule has 5 nitrogen and oxygen atoms in total. The molecule has 0 aromatic rings. The summed E-state index contributed by atoms with van der Waals surface area (Å²) in [6.45, 7) is 5.38. The standard InChI is InChI=1S/C21H28O5/c1-12(22)26-18-11-14(23)10-13-4-5-16-15-6-7-17(24)19(15,2)8-9-21(16,25)20(13,18)3/h4,10,15-16,18,23,25H,5-9,11H2,1-3H3/t15-,16-,18?,19-,20+,21-/m0/s1. The molecule has 5 heteroatoms. The van der Waals surface area contributed by atoms with Crippen molar-refractivity contribution in [2.45, 2.75) is 71.0 Å². The van der Waals surface area contributed by atoms with Crippen LogP contribution in [0.25, 0.3) is 0 Å². The van der Waals surface area contributed by atoms with Crippen molar-refractivity contribution in [1.82, 2.24) is 0 Å². The smallest absolute Gasteiger partial charge is 0.302 e. The Labute approximate surface area is 154 Å². The molecule has 0 bridgehead atoms. The summed E-state index contributed by atoms with van der Waals surface area (Å²) in [6, 6.07) is 0. The fourth-order valence-electron chi connectivity index (χ4n) is 6.42. The lowest BCUT2D eigenvalue weighted by Crippen LogP contribution is -2.66. The van der Waals surface area contributed by atoms with Crippen LogP contribution in [0.3, 0.4) is 0 Å². The van der Waals surface area contributed by atoms with Gasteiger partial charge in [0, 0.05) is 25.2 Å². The van der Waals surface area contributed by atoms with Crippen LogP contribution in [0, 0.1) is 22.7 Å². The highest BCUT2D eigenvalue weighted by Gasteiger charge is 2.67. The van der Waals surface area contributed by atoms with Gasteiger partial charge in [-0.3, -0.25) is 9.59 Å². The molecule has 2 N–H and O–H groups in total. The number of hydrogen-bond acceptors (Lipinski definition) is 5. The number of aliphatic hydroxyl groups is 2. The predicted octanol–water partition coefficient (Wildman–Crippen LogP) is 3.23. The van der Waals surface area contributed by atoms with Crippen LogP contribution >= 0.6 is 0 Å². The van der Waals surface area contributed by atoms with Crippen LogP contribution in [0.2, 0.25) is 0 Å². The zero-order valence-corrected chi connectivity index (χ0v) is 15.7. The van der Waals surface area contributed by atoms with Gasteiger partial charge in [0.15, 0.2) is 0 Å². The summed E-state index contributed by atoms with van der Waals surface area (Å²) in [4.78, 5) is 24.2. The zero-order valence-electron chi connectivity index (χ0n) is 15.7. The fraction of sp³-hybridized carbons (Fsp3) is 0.714. The SMILES string of the molecule is CC(=O)OC1CC(O)=CC2=CC[C@H]3[C@@H]4CCC(=O)[C@@]4(C)CC[C@@]3(O)[C@]21C. The number of aliphatic hydroxyl groups excluding tert-OH is 1. The lowest BCUT2D eigenvalue weighted by atomic mass is 9.45. The van der Waals surface area contributed by atoms with E-state index in [0.29, 0.717) is 31.5 Å². The molecule has 0 radical (unpaired) electrons. The van der Waals surface area contributed by atoms with Crippen molar-refractivity contribution >= 4 is 11.8 Å². The van der Waals surface area contributed by atoms with E-state index >= 15 is 0 Å². The van der Waals surface area contributed by atoms with E-state index in [9.17, 15) is 19.8 Å². The lowest BCUT2D eigenvalue weighted by Gasteiger charge is -2.62. The molecule has 0 aromatic heterocycles. The summed E-state index contributed by atoms with van der Waals surface area (Å²) in [6.07, 6.45) is 6.67. The lowest BCUT2D eigenvalue weighted by molar-refractivity contribution is -0.211. The molecule has 26 heavy (non-hydrogen) atoms. The van der Waals surface area contributed by atoms with Crippen LogP contribution < -0.4 is 0 Å². The second-order valence-electron chi connectivity index (χ2n) is 9.05. The summed E-state index contributed by atoms with van der Waals surface area (Å²) >= 11 is 0. The van der Waals surface area contributed by atoms with Gasteiger partial charge < -0.3 is 14.9 Å². The summed E-state index contributed by atoms with van der Waals surface area (Å²) in [7, 11) is 0. The highest BCUT2D eigenvalue weighted by atomic mass is 16.5. The van der Waals surface area contributed by atoms with E-state index < -0.39 is 23.1 Å². The largest absolute Gasteiger partial charge is 0.512 e. The molecule has 0 spiro atoms. The Balaban J connectivity index is 1.82. The molecule has 0 aromatic carbocycles. The van der Waals surface area contributed by atoms with Gasteiger partial charge in [-0.25, -0.2) is 0 Å². The molecule has 142 valence electrons. The third-order valence-electron chi connectivity index (χ3n) is 8.02. The number of fused-ring (bicyclic) bond motifs is 5. The number of esters is 1. The van der Waals surface area contributed by atoms with Gasteiger partial charge in [0.25, 0.3) is 0 Å². The van der Waals surface area contributed by atoms with Crippen molar-refractivity contribution in [3.63, 3.8) is 0 Å². The Kier molecular flexibility index (Phi) is 3.72. The molecule has 4 aliphatic rings. The van der Waals surface area contributed by atoms with Crippen molar-refractivity contribution in [3.05, 3.63) is 23.5 Å². The fourth-order valence-corrected chi connectivity index (χ4v) is 6.42. The molecule has 4 aliphatic carbocycles. The highest BCUT2D eigenvalue weighted by molar-refractivity contribution is 5.87. The summed E-state index contributed by atoms with van der Waals surface area (Å²) in [5.41, 5.74) is -1.33. The number of carbonyl (C=O) groups is 2. The second kappa shape index (κ2) is 5.44. The predicted molar refractivity (Wildman–Crippen MR) is 95.2 cm³/mol. The van der Waals surface area contributed by atoms with Crippen molar-refractivity contribution in [2.75, 3.05) is 0 Å². The topological polar surface area (TPSA) is 83.8 Å². The molecular weight excluding hydrogens is 332 g/mol. The first-order valence-corrected chi connectivity index (χ1v) is 9.66. The zero-order chi connectivity index (χ0) is 18.9. The van der Waals surface area contributed by atoms with Gasteiger partial charge in [-0.05, 0) is 56.1 Å². The van der Waals surface area contributed by atoms with E-state index in [1.165, 1.54) is 6.92 Å². The van der Waals surface area contributed by atoms with Crippen molar-refractivity contribution < 1.29 is 24.5 Å². The third kappa shape index (κ3) is 2.07. The minimum atomic E-state index is -1.05. The van der Waals surface area contributed by atoms with Crippen LogP contribution in [0.15, 0.2) is 23.5 Å². The molecule has 4 rings (SSSR count). The van der Waals surface area contributed by atoms with E-state index in [2.05, 4.69) is 13.0 Å². The molecule has 2 saturated carbocycles. The third-order valence-corrected chi connectivity index (χ3v) is 8.02. The van der Waals surface area contributed by atoms with Gasteiger partial charge in [-0.1, -0.05) is 13.0 Å². The minimum Gasteiger partial charge on any atom is -0.512 e. The maximum Gasteiger partial charge on any atom is 0.302 e. The van der Waals surface area contributed by atoms with Crippen LogP contribution in [0.5, 0.6) is 0 Å². The number of hydrogen-bond donors (Lipinski definition) is 2. The first-order chi connectivity index (χ1) is 12.1. The first-order valence-electron chi connectivity index (χ1n) is 9.66. The van der Waals surface area contributed by atoms with Gasteiger partial charge in [0.1, 0.15) is 11.9 Å². The molecule has 2 fully saturated rings. The first kappa shape index (κ1) is 17.8. The molecule has 0 saturated heterocycles. The van der Waals surface area contributed by atoms with Crippen molar-refractivity contribution in [3.8, 4) is 0 Å². The monoisotopic (exact) mass is 360 g/mol.